The molecule has 1 heterocycles. The Hall–Kier alpha value is -1.95. The number of hydrogen-bond acceptors (Lipinski definition) is 4. The SMILES string of the molecule is Cc1nc(NCCc2ccc([N+](=O)[O-])cc2)ccc1Br. The molecule has 0 saturated carbocycles. The summed E-state index contributed by atoms with van der Waals surface area (Å²) in [5.74, 6) is 0.826. The van der Waals surface area contributed by atoms with Crippen LogP contribution in [0.1, 0.15) is 11.3 Å². The molecule has 0 bridgehead atoms. The van der Waals surface area contributed by atoms with Crippen LogP contribution in [0.5, 0.6) is 0 Å². The zero-order valence-corrected chi connectivity index (χ0v) is 12.6. The number of hydrogen-bond donors (Lipinski definition) is 1. The number of nitro groups is 1. The molecule has 6 heteroatoms. The molecule has 0 aliphatic carbocycles. The summed E-state index contributed by atoms with van der Waals surface area (Å²) in [4.78, 5) is 14.6. The summed E-state index contributed by atoms with van der Waals surface area (Å²) in [5.41, 5.74) is 2.11. The number of aryl methyl sites for hydroxylation is 1. The number of nitrogens with one attached hydrogen (secondary N) is 1. The van der Waals surface area contributed by atoms with Gasteiger partial charge in [-0.3, -0.25) is 10.1 Å². The predicted molar refractivity (Wildman–Crippen MR) is 82.0 cm³/mol. The largest absolute Gasteiger partial charge is 0.370 e. The van der Waals surface area contributed by atoms with E-state index in [9.17, 15) is 10.1 Å². The summed E-state index contributed by atoms with van der Waals surface area (Å²) in [6.07, 6.45) is 0.786. The lowest BCUT2D eigenvalue weighted by molar-refractivity contribution is -0.384. The number of nitrogens with zero attached hydrogens (tertiary/aromatic N) is 2. The van der Waals surface area contributed by atoms with Crippen molar-refractivity contribution in [2.45, 2.75) is 13.3 Å². The lowest BCUT2D eigenvalue weighted by Crippen LogP contribution is -2.06. The van der Waals surface area contributed by atoms with Crippen LogP contribution < -0.4 is 5.32 Å². The fraction of sp³-hybridized carbons (Fsp3) is 0.214. The van der Waals surface area contributed by atoms with Gasteiger partial charge >= 0.3 is 0 Å². The number of rotatable bonds is 5. The van der Waals surface area contributed by atoms with Gasteiger partial charge in [0.15, 0.2) is 0 Å². The normalized spacial score (nSPS) is 10.3. The lowest BCUT2D eigenvalue weighted by atomic mass is 10.1. The topological polar surface area (TPSA) is 68.1 Å². The first-order chi connectivity index (χ1) is 9.56. The Morgan fingerprint density at radius 1 is 1.25 bits per heavy atom. The van der Waals surface area contributed by atoms with Crippen molar-refractivity contribution in [2.24, 2.45) is 0 Å². The highest BCUT2D eigenvalue weighted by Gasteiger charge is 2.04. The molecule has 0 aliphatic rings. The molecule has 0 spiro atoms. The summed E-state index contributed by atoms with van der Waals surface area (Å²) in [6.45, 7) is 2.66. The van der Waals surface area contributed by atoms with Crippen LogP contribution in [0.25, 0.3) is 0 Å². The Kier molecular flexibility index (Phi) is 4.68. The van der Waals surface area contributed by atoms with Crippen molar-refractivity contribution in [2.75, 3.05) is 11.9 Å². The minimum Gasteiger partial charge on any atom is -0.370 e. The second-order valence-electron chi connectivity index (χ2n) is 4.36. The van der Waals surface area contributed by atoms with E-state index >= 15 is 0 Å². The molecule has 0 saturated heterocycles. The molecule has 2 rings (SSSR count). The maximum atomic E-state index is 10.6. The Morgan fingerprint density at radius 3 is 2.55 bits per heavy atom. The van der Waals surface area contributed by atoms with E-state index in [1.165, 1.54) is 12.1 Å². The van der Waals surface area contributed by atoms with Gasteiger partial charge in [0.2, 0.25) is 0 Å². The van der Waals surface area contributed by atoms with Crippen LogP contribution in [0.4, 0.5) is 11.5 Å². The lowest BCUT2D eigenvalue weighted by Gasteiger charge is -2.07. The Bertz CT molecular complexity index is 614. The van der Waals surface area contributed by atoms with Gasteiger partial charge in [-0.25, -0.2) is 4.98 Å². The Labute approximate surface area is 125 Å². The molecule has 0 radical (unpaired) electrons. The van der Waals surface area contributed by atoms with Gasteiger partial charge < -0.3 is 5.32 Å². The van der Waals surface area contributed by atoms with E-state index in [0.717, 1.165) is 34.5 Å². The van der Waals surface area contributed by atoms with Crippen molar-refractivity contribution >= 4 is 27.4 Å². The van der Waals surface area contributed by atoms with E-state index in [1.54, 1.807) is 12.1 Å². The van der Waals surface area contributed by atoms with Gasteiger partial charge in [-0.2, -0.15) is 0 Å². The highest BCUT2D eigenvalue weighted by atomic mass is 79.9. The zero-order valence-electron chi connectivity index (χ0n) is 11.0. The number of nitro benzene ring substituents is 1. The highest BCUT2D eigenvalue weighted by Crippen LogP contribution is 2.16. The number of halogens is 1. The van der Waals surface area contributed by atoms with Crippen LogP contribution in [-0.2, 0) is 6.42 Å². The van der Waals surface area contributed by atoms with Crippen LogP contribution in [0, 0.1) is 17.0 Å². The molecule has 0 amide bonds. The minimum atomic E-state index is -0.392. The zero-order chi connectivity index (χ0) is 14.5. The van der Waals surface area contributed by atoms with Crippen LogP contribution in [0.3, 0.4) is 0 Å². The fourth-order valence-corrected chi connectivity index (χ4v) is 1.98. The van der Waals surface area contributed by atoms with Crippen molar-refractivity contribution < 1.29 is 4.92 Å². The monoisotopic (exact) mass is 335 g/mol. The highest BCUT2D eigenvalue weighted by molar-refractivity contribution is 9.10. The molecular formula is C14H14BrN3O2. The second-order valence-corrected chi connectivity index (χ2v) is 5.22. The number of pyridine rings is 1. The van der Waals surface area contributed by atoms with Crippen molar-refractivity contribution in [1.82, 2.24) is 4.98 Å². The molecule has 0 aliphatic heterocycles. The summed E-state index contributed by atoms with van der Waals surface area (Å²) in [7, 11) is 0. The van der Waals surface area contributed by atoms with Gasteiger partial charge in [0.05, 0.1) is 10.6 Å². The quantitative estimate of drug-likeness (QED) is 0.667. The van der Waals surface area contributed by atoms with E-state index in [-0.39, 0.29) is 5.69 Å². The van der Waals surface area contributed by atoms with Gasteiger partial charge in [-0.1, -0.05) is 12.1 Å². The first kappa shape index (κ1) is 14.5. The van der Waals surface area contributed by atoms with Crippen LogP contribution >= 0.6 is 15.9 Å². The summed E-state index contributed by atoms with van der Waals surface area (Å²) >= 11 is 3.41. The number of benzene rings is 1. The predicted octanol–water partition coefficient (Wildman–Crippen LogP) is 3.72. The molecule has 1 aromatic heterocycles. The first-order valence-corrected chi connectivity index (χ1v) is 6.96. The van der Waals surface area contributed by atoms with E-state index in [4.69, 9.17) is 0 Å². The van der Waals surface area contributed by atoms with E-state index in [0.29, 0.717) is 0 Å². The molecule has 20 heavy (non-hydrogen) atoms. The number of anilines is 1. The summed E-state index contributed by atoms with van der Waals surface area (Å²) in [6, 6.07) is 10.5. The molecule has 1 aromatic carbocycles. The van der Waals surface area contributed by atoms with E-state index < -0.39 is 4.92 Å². The minimum absolute atomic E-state index is 0.118. The average molecular weight is 336 g/mol. The third-order valence-electron chi connectivity index (χ3n) is 2.89. The van der Waals surface area contributed by atoms with Crippen LogP contribution in [0.15, 0.2) is 40.9 Å². The molecule has 0 fully saturated rings. The number of non-ortho nitro benzene ring substituents is 1. The van der Waals surface area contributed by atoms with Gasteiger partial charge in [-0.15, -0.1) is 0 Å². The van der Waals surface area contributed by atoms with Crippen molar-refractivity contribution in [3.63, 3.8) is 0 Å². The van der Waals surface area contributed by atoms with Crippen LogP contribution in [0.2, 0.25) is 0 Å². The standard InChI is InChI=1S/C14H14BrN3O2/c1-10-13(15)6-7-14(17-10)16-9-8-11-2-4-12(5-3-11)18(19)20/h2-7H,8-9H2,1H3,(H,16,17). The van der Waals surface area contributed by atoms with Crippen molar-refractivity contribution in [1.29, 1.82) is 0 Å². The Balaban J connectivity index is 1.89. The first-order valence-electron chi connectivity index (χ1n) is 6.16. The molecular weight excluding hydrogens is 322 g/mol. The maximum absolute atomic E-state index is 10.6. The fourth-order valence-electron chi connectivity index (χ4n) is 1.76. The van der Waals surface area contributed by atoms with Crippen molar-refractivity contribution in [3.05, 3.63) is 62.2 Å². The van der Waals surface area contributed by atoms with Gasteiger partial charge in [0.1, 0.15) is 5.82 Å². The average Bonchev–Trinajstić information content (AvgIpc) is 2.43. The smallest absolute Gasteiger partial charge is 0.269 e. The molecule has 5 nitrogen and oxygen atoms in total. The maximum Gasteiger partial charge on any atom is 0.269 e. The second kappa shape index (κ2) is 6.47. The molecule has 1 N–H and O–H groups in total. The van der Waals surface area contributed by atoms with Gasteiger partial charge in [0, 0.05) is 23.2 Å². The van der Waals surface area contributed by atoms with E-state index in [1.807, 2.05) is 19.1 Å². The van der Waals surface area contributed by atoms with Gasteiger partial charge in [0.25, 0.3) is 5.69 Å². The van der Waals surface area contributed by atoms with Gasteiger partial charge in [-0.05, 0) is 47.0 Å². The van der Waals surface area contributed by atoms with Crippen LogP contribution in [-0.4, -0.2) is 16.5 Å². The number of aromatic nitrogens is 1. The summed E-state index contributed by atoms with van der Waals surface area (Å²) < 4.78 is 0.985. The third kappa shape index (κ3) is 3.77. The van der Waals surface area contributed by atoms with E-state index in [2.05, 4.69) is 26.2 Å². The van der Waals surface area contributed by atoms with Crippen molar-refractivity contribution in [3.8, 4) is 0 Å². The Morgan fingerprint density at radius 2 is 1.95 bits per heavy atom. The molecule has 104 valence electrons. The molecule has 0 atom stereocenters. The molecule has 2 aromatic rings. The third-order valence-corrected chi connectivity index (χ3v) is 3.73. The molecule has 0 unspecified atom stereocenters. The summed E-state index contributed by atoms with van der Waals surface area (Å²) in [5, 5.41) is 13.8.